The van der Waals surface area contributed by atoms with Gasteiger partial charge >= 0.3 is 18.1 Å². The van der Waals surface area contributed by atoms with Crippen LogP contribution in [0.25, 0.3) is 0 Å². The summed E-state index contributed by atoms with van der Waals surface area (Å²) in [5.74, 6) is -1.31. The Morgan fingerprint density at radius 2 is 1.89 bits per heavy atom. The molecule has 1 atom stereocenters. The molecule has 2 aliphatic rings. The number of amides is 3. The second-order valence-electron chi connectivity index (χ2n) is 4.79. The summed E-state index contributed by atoms with van der Waals surface area (Å²) in [5, 5.41) is 11.4. The van der Waals surface area contributed by atoms with Gasteiger partial charge in [0, 0.05) is 26.2 Å². The molecule has 2 N–H and O–H groups in total. The normalized spacial score (nSPS) is 22.9. The fraction of sp³-hybridized carbons (Fsp3) is 0.727. The molecule has 0 radical (unpaired) electrons. The lowest BCUT2D eigenvalue weighted by atomic mass is 10.0. The highest BCUT2D eigenvalue weighted by atomic mass is 16.5. The minimum absolute atomic E-state index is 0.104. The molecule has 3 amide bonds. The minimum Gasteiger partial charge on any atom is -0.481 e. The number of carbonyl (C=O) groups excluding carboxylic acids is 2. The van der Waals surface area contributed by atoms with Gasteiger partial charge in [0.25, 0.3) is 0 Å². The van der Waals surface area contributed by atoms with Gasteiger partial charge in [-0.05, 0) is 6.42 Å². The molecule has 0 saturated carbocycles. The first-order chi connectivity index (χ1) is 9.01. The number of nitrogens with zero attached hydrogens (tertiary/aromatic N) is 2. The third-order valence-electron chi connectivity index (χ3n) is 3.47. The number of methoxy groups -OCH3 is 1. The molecule has 2 aliphatic heterocycles. The highest BCUT2D eigenvalue weighted by Crippen LogP contribution is 2.20. The summed E-state index contributed by atoms with van der Waals surface area (Å²) < 4.78 is 4.50. The first kappa shape index (κ1) is 13.4. The van der Waals surface area contributed by atoms with Crippen LogP contribution in [0, 0.1) is 5.92 Å². The molecule has 8 heteroatoms. The van der Waals surface area contributed by atoms with E-state index in [1.165, 1.54) is 12.0 Å². The van der Waals surface area contributed by atoms with Crippen molar-refractivity contribution in [1.82, 2.24) is 15.1 Å². The van der Waals surface area contributed by atoms with Gasteiger partial charge in [0.05, 0.1) is 19.1 Å². The van der Waals surface area contributed by atoms with E-state index in [1.54, 1.807) is 4.90 Å². The molecule has 8 nitrogen and oxygen atoms in total. The Hall–Kier alpha value is -1.99. The molecule has 0 aromatic carbocycles. The second kappa shape index (κ2) is 5.33. The highest BCUT2D eigenvalue weighted by molar-refractivity contribution is 5.80. The van der Waals surface area contributed by atoms with Crippen molar-refractivity contribution >= 4 is 18.1 Å². The predicted octanol–water partition coefficient (Wildman–Crippen LogP) is -0.447. The summed E-state index contributed by atoms with van der Waals surface area (Å²) in [6, 6.07) is -0.264. The zero-order valence-electron chi connectivity index (χ0n) is 10.7. The van der Waals surface area contributed by atoms with E-state index in [4.69, 9.17) is 5.11 Å². The molecule has 0 aromatic heterocycles. The molecule has 0 spiro atoms. The van der Waals surface area contributed by atoms with Crippen LogP contribution in [0.4, 0.5) is 9.59 Å². The van der Waals surface area contributed by atoms with Gasteiger partial charge in [0.15, 0.2) is 0 Å². The van der Waals surface area contributed by atoms with Crippen LogP contribution in [0.15, 0.2) is 0 Å². The number of urea groups is 1. The molecular weight excluding hydrogens is 254 g/mol. The number of ether oxygens (including phenoxy) is 1. The Bertz CT molecular complexity index is 394. The molecule has 2 rings (SSSR count). The molecule has 2 heterocycles. The van der Waals surface area contributed by atoms with Gasteiger partial charge in [-0.3, -0.25) is 4.79 Å². The number of nitrogens with one attached hydrogen (secondary N) is 1. The third-order valence-corrected chi connectivity index (χ3v) is 3.47. The first-order valence-electron chi connectivity index (χ1n) is 6.12. The Morgan fingerprint density at radius 1 is 1.21 bits per heavy atom. The second-order valence-corrected chi connectivity index (χ2v) is 4.79. The third kappa shape index (κ3) is 2.88. The summed E-state index contributed by atoms with van der Waals surface area (Å²) in [6.07, 6.45) is 0.172. The Balaban J connectivity index is 1.77. The lowest BCUT2D eigenvalue weighted by Crippen LogP contribution is -2.57. The standard InChI is InChI=1S/C11H17N3O5/c1-19-10(17)12-8-2-3-13(6-8)11(18)14-4-7(5-14)9(15)16/h7-8H,2-6H2,1H3,(H,12,17)(H,15,16). The van der Waals surface area contributed by atoms with Crippen LogP contribution in [-0.4, -0.2) is 72.3 Å². The van der Waals surface area contributed by atoms with Crippen molar-refractivity contribution in [2.45, 2.75) is 12.5 Å². The van der Waals surface area contributed by atoms with Crippen molar-refractivity contribution in [3.63, 3.8) is 0 Å². The lowest BCUT2D eigenvalue weighted by Gasteiger charge is -2.38. The van der Waals surface area contributed by atoms with Crippen molar-refractivity contribution in [3.8, 4) is 0 Å². The van der Waals surface area contributed by atoms with Gasteiger partial charge in [0.1, 0.15) is 0 Å². The molecule has 0 bridgehead atoms. The van der Waals surface area contributed by atoms with E-state index in [-0.39, 0.29) is 25.2 Å². The van der Waals surface area contributed by atoms with Crippen molar-refractivity contribution in [2.24, 2.45) is 5.92 Å². The zero-order valence-corrected chi connectivity index (χ0v) is 10.7. The topological polar surface area (TPSA) is 99.2 Å². The van der Waals surface area contributed by atoms with Gasteiger partial charge in [0.2, 0.25) is 0 Å². The largest absolute Gasteiger partial charge is 0.481 e. The van der Waals surface area contributed by atoms with Crippen LogP contribution in [0.1, 0.15) is 6.42 Å². The summed E-state index contributed by atoms with van der Waals surface area (Å²) in [4.78, 5) is 36.9. The summed E-state index contributed by atoms with van der Waals surface area (Å²) in [7, 11) is 1.29. The monoisotopic (exact) mass is 271 g/mol. The SMILES string of the molecule is COC(=O)NC1CCN(C(=O)N2CC(C(=O)O)C2)C1. The average molecular weight is 271 g/mol. The van der Waals surface area contributed by atoms with Crippen molar-refractivity contribution < 1.29 is 24.2 Å². The number of carbonyl (C=O) groups is 3. The maximum absolute atomic E-state index is 12.0. The van der Waals surface area contributed by atoms with Gasteiger partial charge in [-0.2, -0.15) is 0 Å². The van der Waals surface area contributed by atoms with Crippen LogP contribution < -0.4 is 5.32 Å². The predicted molar refractivity (Wildman–Crippen MR) is 63.6 cm³/mol. The Labute approximate surface area is 110 Å². The van der Waals surface area contributed by atoms with E-state index >= 15 is 0 Å². The Kier molecular flexibility index (Phi) is 3.77. The first-order valence-corrected chi connectivity index (χ1v) is 6.12. The van der Waals surface area contributed by atoms with Crippen molar-refractivity contribution in [3.05, 3.63) is 0 Å². The van der Waals surface area contributed by atoms with Crippen LogP contribution in [-0.2, 0) is 9.53 Å². The maximum atomic E-state index is 12.0. The van der Waals surface area contributed by atoms with E-state index in [9.17, 15) is 14.4 Å². The van der Waals surface area contributed by atoms with Gasteiger partial charge in [-0.1, -0.05) is 0 Å². The van der Waals surface area contributed by atoms with E-state index < -0.39 is 18.0 Å². The molecule has 0 aliphatic carbocycles. The molecule has 2 saturated heterocycles. The zero-order chi connectivity index (χ0) is 14.0. The molecular formula is C11H17N3O5. The number of hydrogen-bond acceptors (Lipinski definition) is 4. The van der Waals surface area contributed by atoms with Gasteiger partial charge in [-0.15, -0.1) is 0 Å². The van der Waals surface area contributed by atoms with E-state index in [0.717, 1.165) is 0 Å². The van der Waals surface area contributed by atoms with Crippen LogP contribution in [0.5, 0.6) is 0 Å². The van der Waals surface area contributed by atoms with Crippen LogP contribution >= 0.6 is 0 Å². The number of carboxylic acid groups (broad SMARTS) is 1. The van der Waals surface area contributed by atoms with E-state index in [2.05, 4.69) is 10.1 Å². The Morgan fingerprint density at radius 3 is 2.47 bits per heavy atom. The smallest absolute Gasteiger partial charge is 0.407 e. The maximum Gasteiger partial charge on any atom is 0.407 e. The van der Waals surface area contributed by atoms with Crippen LogP contribution in [0.2, 0.25) is 0 Å². The van der Waals surface area contributed by atoms with Crippen LogP contribution in [0.3, 0.4) is 0 Å². The number of carboxylic acids is 1. The van der Waals surface area contributed by atoms with Gasteiger partial charge < -0.3 is 25.0 Å². The molecule has 0 aromatic rings. The molecule has 1 unspecified atom stereocenters. The number of rotatable bonds is 2. The number of aliphatic carboxylic acids is 1. The van der Waals surface area contributed by atoms with E-state index in [1.807, 2.05) is 0 Å². The fourth-order valence-electron chi connectivity index (χ4n) is 2.27. The van der Waals surface area contributed by atoms with E-state index in [0.29, 0.717) is 19.5 Å². The summed E-state index contributed by atoms with van der Waals surface area (Å²) >= 11 is 0. The number of likely N-dealkylation sites (tertiary alicyclic amines) is 2. The quantitative estimate of drug-likeness (QED) is 0.709. The molecule has 106 valence electrons. The average Bonchev–Trinajstić information content (AvgIpc) is 2.74. The fourth-order valence-corrected chi connectivity index (χ4v) is 2.27. The lowest BCUT2D eigenvalue weighted by molar-refractivity contribution is -0.146. The summed E-state index contributed by atoms with van der Waals surface area (Å²) in [5.41, 5.74) is 0. The highest BCUT2D eigenvalue weighted by Gasteiger charge is 2.39. The molecule has 2 fully saturated rings. The minimum atomic E-state index is -0.865. The van der Waals surface area contributed by atoms with Crippen molar-refractivity contribution in [1.29, 1.82) is 0 Å². The number of alkyl carbamates (subject to hydrolysis) is 1. The molecule has 19 heavy (non-hydrogen) atoms. The summed E-state index contributed by atoms with van der Waals surface area (Å²) in [6.45, 7) is 1.52. The number of hydrogen-bond donors (Lipinski definition) is 2. The van der Waals surface area contributed by atoms with Crippen molar-refractivity contribution in [2.75, 3.05) is 33.3 Å². The van der Waals surface area contributed by atoms with Gasteiger partial charge in [-0.25, -0.2) is 9.59 Å².